The van der Waals surface area contributed by atoms with Gasteiger partial charge in [-0.3, -0.25) is 4.79 Å². The molecule has 0 aliphatic rings. The number of aromatic hydroxyl groups is 1. The van der Waals surface area contributed by atoms with Gasteiger partial charge in [0.15, 0.2) is 5.78 Å². The minimum atomic E-state index is -0.385. The number of hydrogen-bond acceptors (Lipinski definition) is 3. The van der Waals surface area contributed by atoms with Gasteiger partial charge in [-0.05, 0) is 55.0 Å². The van der Waals surface area contributed by atoms with Crippen LogP contribution in [0.1, 0.15) is 74.9 Å². The van der Waals surface area contributed by atoms with Crippen LogP contribution in [0.5, 0.6) is 5.75 Å². The van der Waals surface area contributed by atoms with Crippen LogP contribution in [-0.2, 0) is 38.1 Å². The first kappa shape index (κ1) is 23.6. The number of aryl methyl sites for hydroxylation is 1. The van der Waals surface area contributed by atoms with E-state index in [0.717, 1.165) is 27.8 Å². The van der Waals surface area contributed by atoms with Crippen molar-refractivity contribution in [3.63, 3.8) is 0 Å². The van der Waals surface area contributed by atoms with Crippen LogP contribution in [0.4, 0.5) is 0 Å². The number of carbonyl (C=O) groups is 2. The molecule has 4 heteroatoms. The van der Waals surface area contributed by atoms with E-state index in [1.807, 2.05) is 27.7 Å². The summed E-state index contributed by atoms with van der Waals surface area (Å²) in [4.78, 5) is 25.6. The van der Waals surface area contributed by atoms with Crippen molar-refractivity contribution in [1.82, 2.24) is 0 Å². The predicted octanol–water partition coefficient (Wildman–Crippen LogP) is 5.17. The zero-order valence-corrected chi connectivity index (χ0v) is 20.1. The number of benzene rings is 2. The molecule has 0 fully saturated rings. The largest absolute Gasteiger partial charge is 0.507 e. The minimum Gasteiger partial charge on any atom is -0.507 e. The molecule has 0 unspecified atom stereocenters. The monoisotopic (exact) mass is 440 g/mol. The summed E-state index contributed by atoms with van der Waals surface area (Å²) in [5.41, 5.74) is 5.17. The molecule has 0 saturated heterocycles. The summed E-state index contributed by atoms with van der Waals surface area (Å²) in [5.74, 6) is -0.808. The van der Waals surface area contributed by atoms with E-state index >= 15 is 0 Å². The fourth-order valence-corrected chi connectivity index (χ4v) is 3.88. The van der Waals surface area contributed by atoms with E-state index in [-0.39, 0.29) is 61.0 Å². The molecule has 0 aromatic heterocycles. The molecule has 1 radical (unpaired) electrons. The number of rotatable bonds is 3. The van der Waals surface area contributed by atoms with Gasteiger partial charge in [0.05, 0.1) is 5.56 Å². The third-order valence-corrected chi connectivity index (χ3v) is 4.97. The Hall–Kier alpha value is -1.45. The maximum absolute atomic E-state index is 13.3. The van der Waals surface area contributed by atoms with Crippen LogP contribution in [-0.4, -0.2) is 16.7 Å². The van der Waals surface area contributed by atoms with Gasteiger partial charge in [-0.2, -0.15) is 6.92 Å². The Morgan fingerprint density at radius 3 is 1.93 bits per heavy atom. The molecule has 2 aromatic carbocycles. The summed E-state index contributed by atoms with van der Waals surface area (Å²) in [6.45, 7) is 17.4. The summed E-state index contributed by atoms with van der Waals surface area (Å²) < 4.78 is 0. The van der Waals surface area contributed by atoms with E-state index in [0.29, 0.717) is 11.1 Å². The molecule has 0 aliphatic carbocycles. The molecule has 0 bridgehead atoms. The maximum Gasteiger partial charge on any atom is 0.180 e. The van der Waals surface area contributed by atoms with E-state index in [2.05, 4.69) is 27.7 Å². The summed E-state index contributed by atoms with van der Waals surface area (Å²) in [6, 6.07) is 4.94. The number of hydrogen-bond donors (Lipinski definition) is 1. The quantitative estimate of drug-likeness (QED) is 0.529. The van der Waals surface area contributed by atoms with Crippen molar-refractivity contribution in [2.45, 2.75) is 53.9 Å². The van der Waals surface area contributed by atoms with E-state index in [9.17, 15) is 14.7 Å². The van der Waals surface area contributed by atoms with Gasteiger partial charge in [0.25, 0.3) is 0 Å². The average Bonchev–Trinajstić information content (AvgIpc) is 2.48. The molecular formula is C23H27O3Y-. The van der Waals surface area contributed by atoms with Crippen molar-refractivity contribution in [3.05, 3.63) is 69.6 Å². The number of Topliss-reactive ketones (excluding diaryl/α,β-unsaturated/α-hetero) is 1. The molecule has 0 spiro atoms. The molecule has 2 aromatic rings. The third-order valence-electron chi connectivity index (χ3n) is 4.97. The first-order chi connectivity index (χ1) is 11.9. The second kappa shape index (κ2) is 8.28. The Morgan fingerprint density at radius 1 is 0.926 bits per heavy atom. The summed E-state index contributed by atoms with van der Waals surface area (Å²) >= 11 is 0. The normalized spacial score (nSPS) is 11.1. The average molecular weight is 440 g/mol. The van der Waals surface area contributed by atoms with Gasteiger partial charge in [-0.15, -0.1) is 11.1 Å². The van der Waals surface area contributed by atoms with Crippen molar-refractivity contribution < 1.29 is 47.4 Å². The van der Waals surface area contributed by atoms with Gasteiger partial charge < -0.3 is 9.90 Å². The van der Waals surface area contributed by atoms with Crippen molar-refractivity contribution in [1.29, 1.82) is 0 Å². The van der Waals surface area contributed by atoms with E-state index in [1.165, 1.54) is 0 Å². The van der Waals surface area contributed by atoms with E-state index in [4.69, 9.17) is 0 Å². The molecule has 0 heterocycles. The van der Waals surface area contributed by atoms with Crippen LogP contribution in [0.25, 0.3) is 0 Å². The van der Waals surface area contributed by atoms with Gasteiger partial charge >= 0.3 is 0 Å². The number of carbonyl (C=O) groups excluding carboxylic acids is 2. The first-order valence-corrected chi connectivity index (χ1v) is 8.72. The first-order valence-electron chi connectivity index (χ1n) is 8.72. The Kier molecular flexibility index (Phi) is 7.24. The number of phenols is 1. The Labute approximate surface area is 187 Å². The topological polar surface area (TPSA) is 54.4 Å². The molecule has 2 rings (SSSR count). The molecule has 27 heavy (non-hydrogen) atoms. The Bertz CT molecular complexity index is 918. The molecular weight excluding hydrogens is 413 g/mol. The van der Waals surface area contributed by atoms with Gasteiger partial charge in [-0.1, -0.05) is 44.9 Å². The molecule has 0 atom stereocenters. The Morgan fingerprint density at radius 2 is 1.48 bits per heavy atom. The second-order valence-electron chi connectivity index (χ2n) is 8.02. The summed E-state index contributed by atoms with van der Waals surface area (Å²) in [5, 5.41) is 10.3. The van der Waals surface area contributed by atoms with Crippen molar-refractivity contribution >= 4 is 11.6 Å². The van der Waals surface area contributed by atoms with Crippen LogP contribution in [0.2, 0.25) is 0 Å². The summed E-state index contributed by atoms with van der Waals surface area (Å²) in [7, 11) is 0. The SMILES string of the molecule is [CH2-]C(=O)c1c(C)c(C)c(C(C)(C)C)c(C)c1C(=O)c1ccc(C)cc1O.[Y]. The van der Waals surface area contributed by atoms with Crippen molar-refractivity contribution in [3.8, 4) is 5.75 Å². The van der Waals surface area contributed by atoms with Crippen molar-refractivity contribution in [2.75, 3.05) is 0 Å². The Balaban J connectivity index is 0.00000364. The molecule has 1 N–H and O–H groups in total. The standard InChI is InChI=1S/C23H27O3.Y/c1-12-9-10-17(18(25)11-12)22(26)20-15(4)21(23(6,7)8)14(3)13(2)19(20)16(5)24;/h9-11,25H,5H2,1-4,6-8H3;/q-1;. The molecule has 0 aliphatic heterocycles. The molecule has 141 valence electrons. The molecule has 0 saturated carbocycles. The third kappa shape index (κ3) is 4.35. The fraction of sp³-hybridized carbons (Fsp3) is 0.348. The minimum absolute atomic E-state index is 0. The summed E-state index contributed by atoms with van der Waals surface area (Å²) in [6.07, 6.45) is 0. The molecule has 0 amide bonds. The smallest absolute Gasteiger partial charge is 0.180 e. The molecule has 3 nitrogen and oxygen atoms in total. The maximum atomic E-state index is 13.3. The van der Waals surface area contributed by atoms with Gasteiger partial charge in [-0.25, -0.2) is 0 Å². The second-order valence-corrected chi connectivity index (χ2v) is 8.02. The van der Waals surface area contributed by atoms with Crippen LogP contribution in [0, 0.1) is 34.6 Å². The van der Waals surface area contributed by atoms with E-state index in [1.54, 1.807) is 18.2 Å². The zero-order chi connectivity index (χ0) is 20.0. The number of phenolic OH excluding ortho intramolecular Hbond substituents is 1. The predicted molar refractivity (Wildman–Crippen MR) is 105 cm³/mol. The van der Waals surface area contributed by atoms with Crippen LogP contribution < -0.4 is 0 Å². The van der Waals surface area contributed by atoms with Gasteiger partial charge in [0.2, 0.25) is 0 Å². The van der Waals surface area contributed by atoms with Crippen molar-refractivity contribution in [2.24, 2.45) is 0 Å². The van der Waals surface area contributed by atoms with Crippen LogP contribution in [0.15, 0.2) is 18.2 Å². The fourth-order valence-electron chi connectivity index (χ4n) is 3.88. The van der Waals surface area contributed by atoms with Gasteiger partial charge in [0, 0.05) is 38.5 Å². The number of ketones is 2. The van der Waals surface area contributed by atoms with Crippen LogP contribution >= 0.6 is 0 Å². The van der Waals surface area contributed by atoms with E-state index < -0.39 is 0 Å². The zero-order valence-electron chi connectivity index (χ0n) is 17.3. The van der Waals surface area contributed by atoms with Crippen LogP contribution in [0.3, 0.4) is 0 Å². The van der Waals surface area contributed by atoms with Gasteiger partial charge in [0.1, 0.15) is 5.75 Å².